The number of H-pyrrole nitrogens is 1. The van der Waals surface area contributed by atoms with Crippen molar-refractivity contribution >= 4 is 40.6 Å². The van der Waals surface area contributed by atoms with Crippen LogP contribution in [0.3, 0.4) is 0 Å². The summed E-state index contributed by atoms with van der Waals surface area (Å²) < 4.78 is 0. The molecule has 0 saturated carbocycles. The Balaban J connectivity index is 2.46. The molecule has 1 aromatic heterocycles. The molecule has 0 aliphatic rings. The second-order valence-electron chi connectivity index (χ2n) is 4.41. The molecule has 0 radical (unpaired) electrons. The Morgan fingerprint density at radius 3 is 3.05 bits per heavy atom. The normalized spacial score (nSPS) is 11.0. The van der Waals surface area contributed by atoms with Crippen molar-refractivity contribution in [3.8, 4) is 0 Å². The Morgan fingerprint density at radius 2 is 2.36 bits per heavy atom. The number of aliphatic imine (C=N–C) groups is 1. The molecular formula is C15H19N5OS. The minimum absolute atomic E-state index is 0.221. The van der Waals surface area contributed by atoms with Crippen LogP contribution in [0.2, 0.25) is 0 Å². The Morgan fingerprint density at radius 1 is 1.55 bits per heavy atom. The smallest absolute Gasteiger partial charge is 0.272 e. The Kier molecular flexibility index (Phi) is 5.60. The number of rotatable bonds is 7. The lowest BCUT2D eigenvalue weighted by atomic mass is 10.1. The first-order valence-electron chi connectivity index (χ1n) is 6.91. The number of aromatic amines is 1. The standard InChI is InChI=1S/C15H19N5OS/c1-4-8-17-15(21)13-12-10(19-20-13)6-7-11(14(12)22-3)18-9-16-5-2/h4,6-7,9H,1,5,8H2,2-3H3,(H,16,18)(H,17,21)(H,19,20). The molecule has 7 heteroatoms. The van der Waals surface area contributed by atoms with Crippen molar-refractivity contribution in [2.24, 2.45) is 4.99 Å². The highest BCUT2D eigenvalue weighted by atomic mass is 32.2. The second-order valence-corrected chi connectivity index (χ2v) is 5.23. The third kappa shape index (κ3) is 3.30. The van der Waals surface area contributed by atoms with Gasteiger partial charge in [0.25, 0.3) is 5.91 Å². The van der Waals surface area contributed by atoms with Crippen molar-refractivity contribution in [1.29, 1.82) is 0 Å². The predicted octanol–water partition coefficient (Wildman–Crippen LogP) is 2.66. The average Bonchev–Trinajstić information content (AvgIpc) is 2.96. The molecule has 6 nitrogen and oxygen atoms in total. The van der Waals surface area contributed by atoms with Crippen LogP contribution < -0.4 is 10.6 Å². The molecule has 116 valence electrons. The van der Waals surface area contributed by atoms with Crippen LogP contribution in [0.5, 0.6) is 0 Å². The summed E-state index contributed by atoms with van der Waals surface area (Å²) in [6.07, 6.45) is 5.27. The van der Waals surface area contributed by atoms with Crippen LogP contribution in [-0.4, -0.2) is 41.8 Å². The minimum atomic E-state index is -0.221. The number of anilines is 1. The van der Waals surface area contributed by atoms with Crippen molar-refractivity contribution in [3.05, 3.63) is 30.5 Å². The highest BCUT2D eigenvalue weighted by Crippen LogP contribution is 2.34. The molecule has 2 aromatic rings. The number of nitrogens with one attached hydrogen (secondary N) is 3. The van der Waals surface area contributed by atoms with Gasteiger partial charge in [-0.25, -0.2) is 0 Å². The largest absolute Gasteiger partial charge is 0.347 e. The summed E-state index contributed by atoms with van der Waals surface area (Å²) in [6, 6.07) is 3.84. The lowest BCUT2D eigenvalue weighted by Gasteiger charge is -2.09. The molecule has 1 aromatic carbocycles. The van der Waals surface area contributed by atoms with Crippen molar-refractivity contribution in [1.82, 2.24) is 15.5 Å². The highest BCUT2D eigenvalue weighted by molar-refractivity contribution is 7.99. The van der Waals surface area contributed by atoms with Gasteiger partial charge in [0.1, 0.15) is 0 Å². The summed E-state index contributed by atoms with van der Waals surface area (Å²) in [5, 5.41) is 13.8. The molecule has 0 spiro atoms. The number of nitrogens with zero attached hydrogens (tertiary/aromatic N) is 2. The van der Waals surface area contributed by atoms with E-state index in [1.807, 2.05) is 25.3 Å². The van der Waals surface area contributed by atoms with Crippen LogP contribution in [0.25, 0.3) is 10.9 Å². The maximum Gasteiger partial charge on any atom is 0.272 e. The van der Waals surface area contributed by atoms with Crippen molar-refractivity contribution in [3.63, 3.8) is 0 Å². The van der Waals surface area contributed by atoms with Crippen molar-refractivity contribution in [2.75, 3.05) is 24.7 Å². The van der Waals surface area contributed by atoms with Crippen molar-refractivity contribution in [2.45, 2.75) is 11.8 Å². The molecule has 0 fully saturated rings. The van der Waals surface area contributed by atoms with Gasteiger partial charge in [-0.15, -0.1) is 18.3 Å². The van der Waals surface area contributed by atoms with E-state index in [2.05, 4.69) is 32.4 Å². The van der Waals surface area contributed by atoms with E-state index in [0.717, 1.165) is 21.5 Å². The average molecular weight is 317 g/mol. The molecule has 0 atom stereocenters. The lowest BCUT2D eigenvalue weighted by molar-refractivity contribution is 0.0954. The summed E-state index contributed by atoms with van der Waals surface area (Å²) >= 11 is 1.56. The van der Waals surface area contributed by atoms with Gasteiger partial charge in [-0.3, -0.25) is 14.9 Å². The predicted molar refractivity (Wildman–Crippen MR) is 93.1 cm³/mol. The quantitative estimate of drug-likeness (QED) is 0.317. The summed E-state index contributed by atoms with van der Waals surface area (Å²) in [5.74, 6) is -0.221. The molecular weight excluding hydrogens is 298 g/mol. The van der Waals surface area contributed by atoms with E-state index in [1.165, 1.54) is 0 Å². The molecule has 0 aliphatic carbocycles. The first kappa shape index (κ1) is 16.1. The van der Waals surface area contributed by atoms with Gasteiger partial charge in [0, 0.05) is 23.4 Å². The topological polar surface area (TPSA) is 82.2 Å². The minimum Gasteiger partial charge on any atom is -0.347 e. The monoisotopic (exact) mass is 317 g/mol. The number of benzene rings is 1. The van der Waals surface area contributed by atoms with Gasteiger partial charge in [0.2, 0.25) is 0 Å². The molecule has 3 N–H and O–H groups in total. The summed E-state index contributed by atoms with van der Waals surface area (Å²) in [6.45, 7) is 6.68. The van der Waals surface area contributed by atoms with Gasteiger partial charge in [0.05, 0.1) is 17.5 Å². The third-order valence-electron chi connectivity index (χ3n) is 3.00. The van der Waals surface area contributed by atoms with Gasteiger partial charge in [-0.05, 0) is 25.3 Å². The van der Waals surface area contributed by atoms with Gasteiger partial charge in [-0.1, -0.05) is 6.08 Å². The maximum absolute atomic E-state index is 12.2. The molecule has 0 unspecified atom stereocenters. The van der Waals surface area contributed by atoms with E-state index in [0.29, 0.717) is 18.8 Å². The number of fused-ring (bicyclic) bond motifs is 1. The fourth-order valence-corrected chi connectivity index (χ4v) is 2.79. The molecule has 22 heavy (non-hydrogen) atoms. The first-order chi connectivity index (χ1) is 10.7. The van der Waals surface area contributed by atoms with E-state index >= 15 is 0 Å². The van der Waals surface area contributed by atoms with Gasteiger partial charge < -0.3 is 10.6 Å². The zero-order valence-electron chi connectivity index (χ0n) is 12.6. The fourth-order valence-electron chi connectivity index (χ4n) is 2.03. The zero-order valence-corrected chi connectivity index (χ0v) is 13.5. The van der Waals surface area contributed by atoms with Crippen LogP contribution in [0, 0.1) is 0 Å². The first-order valence-corrected chi connectivity index (χ1v) is 8.14. The number of hydrogen-bond donors (Lipinski definition) is 3. The number of hydrogen-bond acceptors (Lipinski definition) is 4. The number of carbonyl (C=O) groups excluding carboxylic acids is 1. The van der Waals surface area contributed by atoms with Crippen LogP contribution in [0.1, 0.15) is 17.4 Å². The van der Waals surface area contributed by atoms with Crippen LogP contribution in [0.4, 0.5) is 5.69 Å². The van der Waals surface area contributed by atoms with E-state index in [9.17, 15) is 4.79 Å². The van der Waals surface area contributed by atoms with Crippen molar-refractivity contribution < 1.29 is 4.79 Å². The zero-order chi connectivity index (χ0) is 15.9. The SMILES string of the molecule is C=CCNC(=O)c1n[nH]c2ccc(NC=NCC)c(SC)c12. The number of carbonyl (C=O) groups is 1. The van der Waals surface area contributed by atoms with Gasteiger partial charge in [-0.2, -0.15) is 5.10 Å². The second kappa shape index (κ2) is 7.65. The number of aromatic nitrogens is 2. The molecule has 2 rings (SSSR count). The molecule has 0 bridgehead atoms. The number of amides is 1. The third-order valence-corrected chi connectivity index (χ3v) is 3.84. The lowest BCUT2D eigenvalue weighted by Crippen LogP contribution is -2.23. The summed E-state index contributed by atoms with van der Waals surface area (Å²) in [4.78, 5) is 17.3. The van der Waals surface area contributed by atoms with Crippen LogP contribution in [-0.2, 0) is 0 Å². The Bertz CT molecular complexity index is 707. The van der Waals surface area contributed by atoms with Crippen LogP contribution >= 0.6 is 11.8 Å². The van der Waals surface area contributed by atoms with E-state index in [4.69, 9.17) is 0 Å². The number of thioether (sulfide) groups is 1. The Hall–Kier alpha value is -2.28. The molecule has 1 amide bonds. The van der Waals surface area contributed by atoms with E-state index < -0.39 is 0 Å². The summed E-state index contributed by atoms with van der Waals surface area (Å²) in [5.41, 5.74) is 2.11. The molecule has 0 aliphatic heterocycles. The summed E-state index contributed by atoms with van der Waals surface area (Å²) in [7, 11) is 0. The molecule has 1 heterocycles. The van der Waals surface area contributed by atoms with Crippen LogP contribution in [0.15, 0.2) is 34.7 Å². The Labute approximate surface area is 133 Å². The highest BCUT2D eigenvalue weighted by Gasteiger charge is 2.18. The fraction of sp³-hybridized carbons (Fsp3) is 0.267. The van der Waals surface area contributed by atoms with Gasteiger partial charge in [0.15, 0.2) is 5.69 Å². The molecule has 0 saturated heterocycles. The maximum atomic E-state index is 12.2. The van der Waals surface area contributed by atoms with E-state index in [1.54, 1.807) is 24.2 Å². The van der Waals surface area contributed by atoms with Gasteiger partial charge >= 0.3 is 0 Å². The van der Waals surface area contributed by atoms with E-state index in [-0.39, 0.29) is 5.91 Å².